The molecule has 2 aromatic heterocycles. The number of amides is 1. The predicted molar refractivity (Wildman–Crippen MR) is 96.0 cm³/mol. The van der Waals surface area contributed by atoms with Crippen LogP contribution in [0.4, 0.5) is 5.82 Å². The van der Waals surface area contributed by atoms with Gasteiger partial charge in [0.15, 0.2) is 11.9 Å². The number of rotatable bonds is 4. The van der Waals surface area contributed by atoms with Gasteiger partial charge in [-0.15, -0.1) is 0 Å². The molecular weight excluding hydrogens is 334 g/mol. The van der Waals surface area contributed by atoms with Crippen LogP contribution < -0.4 is 5.32 Å². The Morgan fingerprint density at radius 2 is 1.92 bits per heavy atom. The highest BCUT2D eigenvalue weighted by molar-refractivity contribution is 6.00. The van der Waals surface area contributed by atoms with Crippen LogP contribution in [-0.2, 0) is 9.53 Å². The highest BCUT2D eigenvalue weighted by Crippen LogP contribution is 2.23. The molecule has 3 aromatic rings. The van der Waals surface area contributed by atoms with Crippen molar-refractivity contribution in [3.63, 3.8) is 0 Å². The monoisotopic (exact) mass is 353 g/mol. The van der Waals surface area contributed by atoms with Gasteiger partial charge in [0.2, 0.25) is 0 Å². The Morgan fingerprint density at radius 1 is 1.19 bits per heavy atom. The molecule has 0 fully saturated rings. The van der Waals surface area contributed by atoms with E-state index >= 15 is 0 Å². The van der Waals surface area contributed by atoms with Crippen molar-refractivity contribution in [2.75, 3.05) is 5.32 Å². The summed E-state index contributed by atoms with van der Waals surface area (Å²) < 4.78 is 10.2. The number of hydrogen-bond donors (Lipinski definition) is 1. The molecule has 0 aliphatic heterocycles. The van der Waals surface area contributed by atoms with E-state index in [1.165, 1.54) is 6.92 Å². The summed E-state index contributed by atoms with van der Waals surface area (Å²) in [6, 6.07) is 9.15. The lowest BCUT2D eigenvalue weighted by Crippen LogP contribution is -2.30. The van der Waals surface area contributed by atoms with Gasteiger partial charge in [0.05, 0.1) is 16.8 Å². The van der Waals surface area contributed by atoms with Crippen LogP contribution in [0.2, 0.25) is 0 Å². The molecule has 1 amide bonds. The number of carbonyl (C=O) groups is 2. The average molecular weight is 353 g/mol. The summed E-state index contributed by atoms with van der Waals surface area (Å²) in [7, 11) is 0. The number of fused-ring (bicyclic) bond motifs is 1. The minimum Gasteiger partial charge on any atom is -0.449 e. The molecule has 1 N–H and O–H groups in total. The van der Waals surface area contributed by atoms with E-state index in [1.54, 1.807) is 19.9 Å². The fraction of sp³-hybridized carbons (Fsp3) is 0.263. The van der Waals surface area contributed by atoms with Crippen molar-refractivity contribution in [1.29, 1.82) is 0 Å². The summed E-state index contributed by atoms with van der Waals surface area (Å²) in [6.07, 6.45) is -0.996. The summed E-state index contributed by atoms with van der Waals surface area (Å²) in [5, 5.41) is 7.10. The number of aryl methyl sites for hydroxylation is 3. The fourth-order valence-electron chi connectivity index (χ4n) is 2.76. The van der Waals surface area contributed by atoms with E-state index in [1.807, 2.05) is 31.2 Å². The normalized spacial score (nSPS) is 12.0. The van der Waals surface area contributed by atoms with E-state index < -0.39 is 18.0 Å². The second kappa shape index (κ2) is 6.95. The molecule has 3 rings (SSSR count). The van der Waals surface area contributed by atoms with Gasteiger partial charge >= 0.3 is 5.97 Å². The molecule has 0 spiro atoms. The number of ether oxygens (including phenoxy) is 1. The van der Waals surface area contributed by atoms with E-state index in [2.05, 4.69) is 15.5 Å². The Hall–Kier alpha value is -3.22. The van der Waals surface area contributed by atoms with E-state index in [-0.39, 0.29) is 5.82 Å². The molecule has 134 valence electrons. The van der Waals surface area contributed by atoms with Gasteiger partial charge in [0.25, 0.3) is 5.91 Å². The molecule has 2 heterocycles. The van der Waals surface area contributed by atoms with Gasteiger partial charge in [-0.25, -0.2) is 4.79 Å². The highest BCUT2D eigenvalue weighted by atomic mass is 16.5. The molecular formula is C19H19N3O4. The lowest BCUT2D eigenvalue weighted by Gasteiger charge is -2.15. The van der Waals surface area contributed by atoms with Gasteiger partial charge < -0.3 is 14.6 Å². The summed E-state index contributed by atoms with van der Waals surface area (Å²) >= 11 is 0. The third-order valence-electron chi connectivity index (χ3n) is 4.07. The second-order valence-electron chi connectivity index (χ2n) is 6.07. The Morgan fingerprint density at radius 3 is 2.62 bits per heavy atom. The van der Waals surface area contributed by atoms with Crippen LogP contribution in [0.5, 0.6) is 0 Å². The Kier molecular flexibility index (Phi) is 4.71. The molecule has 0 saturated heterocycles. The maximum Gasteiger partial charge on any atom is 0.341 e. The standard InChI is InChI=1S/C19H19N3O4/c1-10-9-16(22-26-10)21-18(23)13(4)25-19(24)17-11(2)14-7-5-6-8-15(14)20-12(17)3/h5-9,13H,1-4H3,(H,21,22,23). The summed E-state index contributed by atoms with van der Waals surface area (Å²) in [5.41, 5.74) is 2.52. The van der Waals surface area contributed by atoms with Gasteiger partial charge in [0.1, 0.15) is 5.76 Å². The van der Waals surface area contributed by atoms with E-state index in [0.29, 0.717) is 17.0 Å². The minimum absolute atomic E-state index is 0.273. The molecule has 7 heteroatoms. The largest absolute Gasteiger partial charge is 0.449 e. The van der Waals surface area contributed by atoms with E-state index in [9.17, 15) is 9.59 Å². The first-order valence-electron chi connectivity index (χ1n) is 8.18. The van der Waals surface area contributed by atoms with E-state index in [4.69, 9.17) is 9.26 Å². The molecule has 26 heavy (non-hydrogen) atoms. The summed E-state index contributed by atoms with van der Waals surface area (Å²) in [5.74, 6) is -0.235. The maximum atomic E-state index is 12.6. The number of carbonyl (C=O) groups excluding carboxylic acids is 2. The number of nitrogens with one attached hydrogen (secondary N) is 1. The molecule has 0 aliphatic rings. The molecule has 0 radical (unpaired) electrons. The number of pyridine rings is 1. The van der Waals surface area contributed by atoms with Gasteiger partial charge in [-0.3, -0.25) is 9.78 Å². The molecule has 0 bridgehead atoms. The van der Waals surface area contributed by atoms with Gasteiger partial charge in [0, 0.05) is 11.5 Å². The van der Waals surface area contributed by atoms with Crippen LogP contribution in [0.25, 0.3) is 10.9 Å². The number of esters is 1. The number of nitrogens with zero attached hydrogens (tertiary/aromatic N) is 2. The van der Waals surface area contributed by atoms with Crippen LogP contribution in [0.1, 0.15) is 34.3 Å². The van der Waals surface area contributed by atoms with Crippen LogP contribution in [-0.4, -0.2) is 28.1 Å². The number of benzene rings is 1. The SMILES string of the molecule is Cc1cc(NC(=O)C(C)OC(=O)c2c(C)nc3ccccc3c2C)no1. The zero-order valence-electron chi connectivity index (χ0n) is 15.0. The Labute approximate surface area is 150 Å². The highest BCUT2D eigenvalue weighted by Gasteiger charge is 2.23. The smallest absolute Gasteiger partial charge is 0.341 e. The topological polar surface area (TPSA) is 94.3 Å². The number of hydrogen-bond acceptors (Lipinski definition) is 6. The van der Waals surface area contributed by atoms with Crippen molar-refractivity contribution < 1.29 is 18.8 Å². The van der Waals surface area contributed by atoms with Crippen molar-refractivity contribution in [3.8, 4) is 0 Å². The first-order chi connectivity index (χ1) is 12.4. The first kappa shape index (κ1) is 17.6. The number of anilines is 1. The van der Waals surface area contributed by atoms with Crippen molar-refractivity contribution in [3.05, 3.63) is 52.9 Å². The number of aromatic nitrogens is 2. The predicted octanol–water partition coefficient (Wildman–Crippen LogP) is 3.33. The van der Waals surface area contributed by atoms with Crippen molar-refractivity contribution in [2.24, 2.45) is 0 Å². The summed E-state index contributed by atoms with van der Waals surface area (Å²) in [4.78, 5) is 29.3. The van der Waals surface area contributed by atoms with Crippen LogP contribution >= 0.6 is 0 Å². The van der Waals surface area contributed by atoms with Crippen molar-refractivity contribution >= 4 is 28.6 Å². The lowest BCUT2D eigenvalue weighted by molar-refractivity contribution is -0.123. The zero-order chi connectivity index (χ0) is 18.8. The average Bonchev–Trinajstić information content (AvgIpc) is 2.99. The zero-order valence-corrected chi connectivity index (χ0v) is 15.0. The third-order valence-corrected chi connectivity index (χ3v) is 4.07. The van der Waals surface area contributed by atoms with Gasteiger partial charge in [-0.05, 0) is 39.3 Å². The third kappa shape index (κ3) is 3.42. The first-order valence-corrected chi connectivity index (χ1v) is 8.18. The molecule has 1 unspecified atom stereocenters. The van der Waals surface area contributed by atoms with Crippen molar-refractivity contribution in [2.45, 2.75) is 33.8 Å². The van der Waals surface area contributed by atoms with Crippen LogP contribution in [0.15, 0.2) is 34.9 Å². The quantitative estimate of drug-likeness (QED) is 0.723. The van der Waals surface area contributed by atoms with Crippen LogP contribution in [0.3, 0.4) is 0 Å². The lowest BCUT2D eigenvalue weighted by atomic mass is 10.0. The van der Waals surface area contributed by atoms with Crippen LogP contribution in [0, 0.1) is 20.8 Å². The van der Waals surface area contributed by atoms with E-state index in [0.717, 1.165) is 16.5 Å². The fourth-order valence-corrected chi connectivity index (χ4v) is 2.76. The molecule has 1 aromatic carbocycles. The molecule has 0 aliphatic carbocycles. The Bertz CT molecular complexity index is 994. The van der Waals surface area contributed by atoms with Gasteiger partial charge in [-0.2, -0.15) is 0 Å². The van der Waals surface area contributed by atoms with Crippen molar-refractivity contribution in [1.82, 2.24) is 10.1 Å². The van der Waals surface area contributed by atoms with Gasteiger partial charge in [-0.1, -0.05) is 23.4 Å². The molecule has 0 saturated carbocycles. The minimum atomic E-state index is -0.996. The number of para-hydroxylation sites is 1. The molecule has 1 atom stereocenters. The second-order valence-corrected chi connectivity index (χ2v) is 6.07. The summed E-state index contributed by atoms with van der Waals surface area (Å²) in [6.45, 7) is 6.80. The maximum absolute atomic E-state index is 12.6. The molecule has 7 nitrogen and oxygen atoms in total. The Balaban J connectivity index is 1.79.